The van der Waals surface area contributed by atoms with Crippen molar-refractivity contribution in [3.63, 3.8) is 0 Å². The summed E-state index contributed by atoms with van der Waals surface area (Å²) in [6.45, 7) is 10.8. The van der Waals surface area contributed by atoms with Crippen LogP contribution in [-0.2, 0) is 16.6 Å². The van der Waals surface area contributed by atoms with E-state index in [1.54, 1.807) is 6.33 Å². The molecule has 4 aromatic rings. The molecule has 0 spiro atoms. The molecule has 1 amide bonds. The van der Waals surface area contributed by atoms with Crippen molar-refractivity contribution in [1.29, 1.82) is 0 Å². The summed E-state index contributed by atoms with van der Waals surface area (Å²) in [5.74, 6) is 0.541. The molecule has 0 saturated carbocycles. The number of rotatable bonds is 11. The molecule has 0 fully saturated rings. The molecule has 0 aliphatic rings. The highest BCUT2D eigenvalue weighted by atomic mass is 16.5. The summed E-state index contributed by atoms with van der Waals surface area (Å²) in [6.07, 6.45) is 6.36. The highest BCUT2D eigenvalue weighted by Gasteiger charge is 2.20. The number of nitrogens with zero attached hydrogens (tertiary/aromatic N) is 2. The van der Waals surface area contributed by atoms with Gasteiger partial charge in [-0.05, 0) is 72.7 Å². The number of carbonyl (C=O) groups is 2. The van der Waals surface area contributed by atoms with E-state index >= 15 is 0 Å². The Kier molecular flexibility index (Phi) is 9.20. The van der Waals surface area contributed by atoms with Crippen molar-refractivity contribution in [2.24, 2.45) is 0 Å². The van der Waals surface area contributed by atoms with Crippen LogP contribution in [0.1, 0.15) is 68.9 Å². The minimum absolute atomic E-state index is 0.00975. The lowest BCUT2D eigenvalue weighted by molar-refractivity contribution is -0.118. The molecule has 0 saturated heterocycles. The maximum absolute atomic E-state index is 12.9. The number of benzene rings is 3. The van der Waals surface area contributed by atoms with Crippen molar-refractivity contribution in [3.05, 3.63) is 102 Å². The third-order valence-corrected chi connectivity index (χ3v) is 6.98. The van der Waals surface area contributed by atoms with Crippen molar-refractivity contribution in [2.75, 3.05) is 6.61 Å². The number of ether oxygens (including phenoxy) is 1. The van der Waals surface area contributed by atoms with Gasteiger partial charge < -0.3 is 14.6 Å². The SMILES string of the molecule is CCCCOc1ccc(-n2cnc(-c3ccc(CC(NC(=O)c4ccc(C(C)(C)C)cc4)C(C)=O)cc3)c2)cc1. The average molecular weight is 538 g/mol. The molecule has 1 heterocycles. The molecule has 6 nitrogen and oxygen atoms in total. The lowest BCUT2D eigenvalue weighted by Crippen LogP contribution is -2.41. The fourth-order valence-electron chi connectivity index (χ4n) is 4.37. The molecule has 1 N–H and O–H groups in total. The van der Waals surface area contributed by atoms with Crippen LogP contribution in [0.2, 0.25) is 0 Å². The zero-order chi connectivity index (χ0) is 28.7. The predicted molar refractivity (Wildman–Crippen MR) is 160 cm³/mol. The van der Waals surface area contributed by atoms with Gasteiger partial charge in [-0.1, -0.05) is 70.5 Å². The van der Waals surface area contributed by atoms with Gasteiger partial charge in [-0.2, -0.15) is 0 Å². The number of unbranched alkanes of at least 4 members (excludes halogenated alkanes) is 1. The van der Waals surface area contributed by atoms with Gasteiger partial charge in [0.15, 0.2) is 5.78 Å². The maximum Gasteiger partial charge on any atom is 0.251 e. The zero-order valence-electron chi connectivity index (χ0n) is 24.1. The van der Waals surface area contributed by atoms with Gasteiger partial charge in [0.05, 0.1) is 24.7 Å². The summed E-state index contributed by atoms with van der Waals surface area (Å²) < 4.78 is 7.74. The Morgan fingerprint density at radius 3 is 2.23 bits per heavy atom. The highest BCUT2D eigenvalue weighted by Crippen LogP contribution is 2.23. The smallest absolute Gasteiger partial charge is 0.251 e. The fourth-order valence-corrected chi connectivity index (χ4v) is 4.37. The molecule has 0 radical (unpaired) electrons. The number of carbonyl (C=O) groups excluding carboxylic acids is 2. The van der Waals surface area contributed by atoms with Crippen molar-refractivity contribution in [1.82, 2.24) is 14.9 Å². The van der Waals surface area contributed by atoms with Gasteiger partial charge in [-0.3, -0.25) is 9.59 Å². The standard InChI is InChI=1S/C34H39N3O3/c1-6-7-20-40-30-18-16-29(17-19-30)37-22-32(35-23-37)26-10-8-25(9-11-26)21-31(24(2)38)36-33(39)27-12-14-28(15-13-27)34(3,4)5/h8-19,22-23,31H,6-7,20-21H2,1-5H3,(H,36,39). The second-order valence-corrected chi connectivity index (χ2v) is 11.2. The first-order valence-electron chi connectivity index (χ1n) is 13.9. The third kappa shape index (κ3) is 7.47. The first kappa shape index (κ1) is 28.8. The zero-order valence-corrected chi connectivity index (χ0v) is 24.1. The molecule has 0 bridgehead atoms. The Labute approximate surface area is 237 Å². The van der Waals surface area contributed by atoms with Gasteiger partial charge >= 0.3 is 0 Å². The summed E-state index contributed by atoms with van der Waals surface area (Å²) >= 11 is 0. The largest absolute Gasteiger partial charge is 0.494 e. The van der Waals surface area contributed by atoms with Crippen LogP contribution < -0.4 is 10.1 Å². The van der Waals surface area contributed by atoms with E-state index in [1.165, 1.54) is 6.92 Å². The first-order chi connectivity index (χ1) is 19.1. The second-order valence-electron chi connectivity index (χ2n) is 11.2. The second kappa shape index (κ2) is 12.8. The summed E-state index contributed by atoms with van der Waals surface area (Å²) in [6, 6.07) is 22.9. The summed E-state index contributed by atoms with van der Waals surface area (Å²) in [4.78, 5) is 29.8. The van der Waals surface area contributed by atoms with Gasteiger partial charge in [-0.15, -0.1) is 0 Å². The van der Waals surface area contributed by atoms with Crippen molar-refractivity contribution in [3.8, 4) is 22.7 Å². The molecule has 1 atom stereocenters. The van der Waals surface area contributed by atoms with Crippen LogP contribution in [0.25, 0.3) is 16.9 Å². The Balaban J connectivity index is 1.38. The summed E-state index contributed by atoms with van der Waals surface area (Å²) in [5, 5.41) is 2.91. The van der Waals surface area contributed by atoms with E-state index in [-0.39, 0.29) is 17.1 Å². The van der Waals surface area contributed by atoms with E-state index in [4.69, 9.17) is 4.74 Å². The molecule has 6 heteroatoms. The monoisotopic (exact) mass is 537 g/mol. The Hall–Kier alpha value is -4.19. The van der Waals surface area contributed by atoms with Gasteiger partial charge in [0.2, 0.25) is 0 Å². The van der Waals surface area contributed by atoms with E-state index in [9.17, 15) is 9.59 Å². The number of imidazole rings is 1. The number of hydrogen-bond acceptors (Lipinski definition) is 4. The lowest BCUT2D eigenvalue weighted by atomic mass is 9.86. The van der Waals surface area contributed by atoms with Crippen LogP contribution in [0.4, 0.5) is 0 Å². The number of nitrogens with one attached hydrogen (secondary N) is 1. The molecule has 1 unspecified atom stereocenters. The number of aromatic nitrogens is 2. The van der Waals surface area contributed by atoms with Gasteiger partial charge in [0.25, 0.3) is 5.91 Å². The maximum atomic E-state index is 12.9. The highest BCUT2D eigenvalue weighted by molar-refractivity contribution is 5.97. The molecule has 208 valence electrons. The van der Waals surface area contributed by atoms with Gasteiger partial charge in [0, 0.05) is 23.0 Å². The molecule has 0 aliphatic heterocycles. The van der Waals surface area contributed by atoms with E-state index in [0.29, 0.717) is 12.0 Å². The van der Waals surface area contributed by atoms with Crippen LogP contribution >= 0.6 is 0 Å². The Morgan fingerprint density at radius 2 is 1.62 bits per heavy atom. The Morgan fingerprint density at radius 1 is 0.950 bits per heavy atom. The number of ketones is 1. The average Bonchev–Trinajstić information content (AvgIpc) is 3.43. The Bertz CT molecular complexity index is 1410. The van der Waals surface area contributed by atoms with Crippen LogP contribution in [0, 0.1) is 0 Å². The van der Waals surface area contributed by atoms with Crippen LogP contribution in [0.5, 0.6) is 5.75 Å². The minimum atomic E-state index is -0.603. The van der Waals surface area contributed by atoms with E-state index in [0.717, 1.165) is 53.3 Å². The van der Waals surface area contributed by atoms with Crippen molar-refractivity contribution in [2.45, 2.75) is 65.3 Å². The fraction of sp³-hybridized carbons (Fsp3) is 0.324. The van der Waals surface area contributed by atoms with Crippen LogP contribution in [0.15, 0.2) is 85.3 Å². The normalized spacial score (nSPS) is 12.1. The van der Waals surface area contributed by atoms with Crippen molar-refractivity contribution < 1.29 is 14.3 Å². The topological polar surface area (TPSA) is 73.2 Å². The molecule has 1 aromatic heterocycles. The number of hydrogen-bond donors (Lipinski definition) is 1. The number of Topliss-reactive ketones (excluding diaryl/α,β-unsaturated/α-hetero) is 1. The molecule has 40 heavy (non-hydrogen) atoms. The first-order valence-corrected chi connectivity index (χ1v) is 13.9. The quantitative estimate of drug-likeness (QED) is 0.210. The minimum Gasteiger partial charge on any atom is -0.494 e. The third-order valence-electron chi connectivity index (χ3n) is 6.98. The van der Waals surface area contributed by atoms with Crippen LogP contribution in [0.3, 0.4) is 0 Å². The lowest BCUT2D eigenvalue weighted by Gasteiger charge is -2.20. The molecule has 0 aliphatic carbocycles. The van der Waals surface area contributed by atoms with E-state index in [2.05, 4.69) is 38.0 Å². The summed E-state index contributed by atoms with van der Waals surface area (Å²) in [7, 11) is 0. The molecular formula is C34H39N3O3. The van der Waals surface area contributed by atoms with E-state index in [1.807, 2.05) is 83.6 Å². The molecular weight excluding hydrogens is 498 g/mol. The van der Waals surface area contributed by atoms with Crippen LogP contribution in [-0.4, -0.2) is 33.9 Å². The van der Waals surface area contributed by atoms with E-state index < -0.39 is 6.04 Å². The molecule has 3 aromatic carbocycles. The van der Waals surface area contributed by atoms with Gasteiger partial charge in [-0.25, -0.2) is 4.98 Å². The van der Waals surface area contributed by atoms with Crippen molar-refractivity contribution >= 4 is 11.7 Å². The molecule has 4 rings (SSSR count). The summed E-state index contributed by atoms with van der Waals surface area (Å²) in [5.41, 5.74) is 5.51. The van der Waals surface area contributed by atoms with Gasteiger partial charge in [0.1, 0.15) is 5.75 Å². The predicted octanol–water partition coefficient (Wildman–Crippen LogP) is 6.95. The number of amides is 1.